The van der Waals surface area contributed by atoms with E-state index >= 15 is 0 Å². The van der Waals surface area contributed by atoms with E-state index in [0.717, 1.165) is 66.7 Å². The van der Waals surface area contributed by atoms with Crippen molar-refractivity contribution in [1.29, 1.82) is 0 Å². The Kier molecular flexibility index (Phi) is 7.59. The molecule has 48 heavy (non-hydrogen) atoms. The normalized spacial score (nSPS) is 11.3. The topological polar surface area (TPSA) is 35.6 Å². The Morgan fingerprint density at radius 3 is 2.04 bits per heavy atom. The minimum Gasteiger partial charge on any atom is -0.367 e. The molecule has 0 N–H and O–H groups in total. The van der Waals surface area contributed by atoms with E-state index in [1.54, 1.807) is 0 Å². The van der Waals surface area contributed by atoms with Crippen LogP contribution in [0.25, 0.3) is 83.4 Å². The number of fused-ring (bicyclic) bond motifs is 4. The van der Waals surface area contributed by atoms with Crippen LogP contribution in [0.1, 0.15) is 0 Å². The van der Waals surface area contributed by atoms with E-state index in [-0.39, 0.29) is 21.1 Å². The molecule has 9 rings (SSSR count). The molecule has 0 saturated heterocycles. The standard InChI is InChI=1S/C43H28N4.Pt/c1-46-40-16-6-5-15-39(40)45-43(46)34-22-24-37-36-23-21-32(31-19-17-30(18-20-31)29-10-3-2-4-11-29)27-41(36)47(42(37)28-34)35-13-9-12-33(26-35)38-14-7-8-25-44-38;/h2-25,27H,1H3;/q-2;+2. The zero-order valence-electron chi connectivity index (χ0n) is 26.0. The number of hydrogen-bond acceptors (Lipinski definition) is 2. The number of pyridine rings is 1. The van der Waals surface area contributed by atoms with E-state index in [1.165, 1.54) is 16.7 Å². The molecule has 0 aliphatic carbocycles. The summed E-state index contributed by atoms with van der Waals surface area (Å²) in [5, 5.41) is 2.29. The molecule has 0 saturated carbocycles. The van der Waals surface area contributed by atoms with E-state index in [1.807, 2.05) is 30.5 Å². The molecule has 0 atom stereocenters. The molecule has 5 heteroatoms. The quantitative estimate of drug-likeness (QED) is 0.163. The molecule has 0 bridgehead atoms. The van der Waals surface area contributed by atoms with E-state index in [0.29, 0.717) is 0 Å². The number of imidazole rings is 1. The summed E-state index contributed by atoms with van der Waals surface area (Å²) in [6, 6.07) is 58.3. The smallest absolute Gasteiger partial charge is 0.367 e. The van der Waals surface area contributed by atoms with Gasteiger partial charge in [0.1, 0.15) is 0 Å². The van der Waals surface area contributed by atoms with Crippen LogP contribution in [0.2, 0.25) is 0 Å². The molecule has 0 radical (unpaired) electrons. The van der Waals surface area contributed by atoms with Crippen molar-refractivity contribution < 1.29 is 21.1 Å². The van der Waals surface area contributed by atoms with E-state index < -0.39 is 0 Å². The largest absolute Gasteiger partial charge is 2.00 e. The Morgan fingerprint density at radius 2 is 1.25 bits per heavy atom. The van der Waals surface area contributed by atoms with Crippen LogP contribution in [0.15, 0.2) is 152 Å². The first kappa shape index (κ1) is 29.8. The molecule has 3 aromatic heterocycles. The van der Waals surface area contributed by atoms with Gasteiger partial charge in [0.25, 0.3) is 0 Å². The third-order valence-corrected chi connectivity index (χ3v) is 8.99. The van der Waals surface area contributed by atoms with Gasteiger partial charge in [-0.1, -0.05) is 96.4 Å². The minimum absolute atomic E-state index is 0. The number of aryl methyl sites for hydroxylation is 1. The summed E-state index contributed by atoms with van der Waals surface area (Å²) in [4.78, 5) is 9.59. The Labute approximate surface area is 293 Å². The molecule has 9 aromatic rings. The van der Waals surface area contributed by atoms with Gasteiger partial charge in [0, 0.05) is 18.8 Å². The summed E-state index contributed by atoms with van der Waals surface area (Å²) >= 11 is 0. The number of aromatic nitrogens is 4. The van der Waals surface area contributed by atoms with Crippen LogP contribution in [-0.4, -0.2) is 19.1 Å². The number of nitrogens with zero attached hydrogens (tertiary/aromatic N) is 4. The fourth-order valence-electron chi connectivity index (χ4n) is 6.63. The second kappa shape index (κ2) is 12.2. The number of rotatable bonds is 5. The van der Waals surface area contributed by atoms with Crippen molar-refractivity contribution in [1.82, 2.24) is 19.1 Å². The average Bonchev–Trinajstić information content (AvgIpc) is 3.66. The first-order valence-corrected chi connectivity index (χ1v) is 15.7. The minimum atomic E-state index is 0. The van der Waals surface area contributed by atoms with Gasteiger partial charge in [-0.05, 0) is 68.8 Å². The molecule has 3 heterocycles. The zero-order valence-corrected chi connectivity index (χ0v) is 28.3. The van der Waals surface area contributed by atoms with E-state index in [4.69, 9.17) is 4.98 Å². The van der Waals surface area contributed by atoms with Gasteiger partial charge in [-0.3, -0.25) is 4.98 Å². The molecule has 0 fully saturated rings. The summed E-state index contributed by atoms with van der Waals surface area (Å²) in [6.07, 6.45) is 1.82. The summed E-state index contributed by atoms with van der Waals surface area (Å²) in [7, 11) is 2.07. The summed E-state index contributed by atoms with van der Waals surface area (Å²) in [6.45, 7) is 0. The van der Waals surface area contributed by atoms with Crippen molar-refractivity contribution in [2.45, 2.75) is 0 Å². The first-order valence-electron chi connectivity index (χ1n) is 15.7. The van der Waals surface area contributed by atoms with Crippen molar-refractivity contribution in [3.05, 3.63) is 164 Å². The third-order valence-electron chi connectivity index (χ3n) is 8.99. The molecule has 4 nitrogen and oxygen atoms in total. The van der Waals surface area contributed by atoms with Gasteiger partial charge in [0.15, 0.2) is 0 Å². The summed E-state index contributed by atoms with van der Waals surface area (Å²) in [5.74, 6) is 0.885. The molecule has 0 aliphatic rings. The maximum absolute atomic E-state index is 4.99. The molecule has 0 aliphatic heterocycles. The maximum atomic E-state index is 4.99. The first-order chi connectivity index (χ1) is 23.2. The maximum Gasteiger partial charge on any atom is 2.00 e. The Bertz CT molecular complexity index is 2570. The van der Waals surface area contributed by atoms with Gasteiger partial charge in [-0.15, -0.1) is 53.6 Å². The second-order valence-corrected chi connectivity index (χ2v) is 11.8. The van der Waals surface area contributed by atoms with Crippen LogP contribution >= 0.6 is 0 Å². The Morgan fingerprint density at radius 1 is 0.542 bits per heavy atom. The fraction of sp³-hybridized carbons (Fsp3) is 0.0233. The van der Waals surface area contributed by atoms with Crippen molar-refractivity contribution in [3.63, 3.8) is 0 Å². The predicted molar refractivity (Wildman–Crippen MR) is 192 cm³/mol. The average molecular weight is 796 g/mol. The molecule has 0 unspecified atom stereocenters. The third kappa shape index (κ3) is 5.06. The van der Waals surface area contributed by atoms with Gasteiger partial charge >= 0.3 is 21.1 Å². The number of benzene rings is 6. The summed E-state index contributed by atoms with van der Waals surface area (Å²) in [5.41, 5.74) is 12.6. The molecule has 230 valence electrons. The Balaban J connectivity index is 0.00000336. The SMILES string of the molecule is Cn1c(-c2[c-]c3c(cc2)c2ccc(-c4ccc(-c5ccccc5)cc4)cc2n3-c2[c-]c(-c3ccccn3)ccc2)nc2ccccc21.[Pt+2]. The van der Waals surface area contributed by atoms with Crippen LogP contribution in [-0.2, 0) is 28.1 Å². The van der Waals surface area contributed by atoms with Crippen LogP contribution in [0.3, 0.4) is 0 Å². The van der Waals surface area contributed by atoms with Crippen molar-refractivity contribution in [2.75, 3.05) is 0 Å². The molecule has 6 aromatic carbocycles. The fourth-order valence-corrected chi connectivity index (χ4v) is 6.63. The van der Waals surface area contributed by atoms with Gasteiger partial charge in [0.2, 0.25) is 0 Å². The van der Waals surface area contributed by atoms with Crippen LogP contribution in [0.5, 0.6) is 0 Å². The van der Waals surface area contributed by atoms with Gasteiger partial charge in [-0.2, -0.15) is 0 Å². The Hall–Kier alpha value is -5.57. The molecular weight excluding hydrogens is 768 g/mol. The number of para-hydroxylation sites is 2. The van der Waals surface area contributed by atoms with E-state index in [2.05, 4.69) is 155 Å². The van der Waals surface area contributed by atoms with Gasteiger partial charge in [0.05, 0.1) is 16.9 Å². The van der Waals surface area contributed by atoms with E-state index in [9.17, 15) is 0 Å². The molecule has 0 spiro atoms. The van der Waals surface area contributed by atoms with Crippen LogP contribution in [0.4, 0.5) is 0 Å². The second-order valence-electron chi connectivity index (χ2n) is 11.8. The van der Waals surface area contributed by atoms with Crippen LogP contribution in [0, 0.1) is 12.1 Å². The van der Waals surface area contributed by atoms with Crippen molar-refractivity contribution in [2.24, 2.45) is 7.05 Å². The van der Waals surface area contributed by atoms with Crippen LogP contribution < -0.4 is 0 Å². The molecular formula is C43H28N4Pt. The monoisotopic (exact) mass is 795 g/mol. The van der Waals surface area contributed by atoms with Crippen molar-refractivity contribution >= 4 is 32.8 Å². The predicted octanol–water partition coefficient (Wildman–Crippen LogP) is 10.3. The van der Waals surface area contributed by atoms with Gasteiger partial charge in [-0.25, -0.2) is 0 Å². The van der Waals surface area contributed by atoms with Crippen molar-refractivity contribution in [3.8, 4) is 50.6 Å². The molecule has 0 amide bonds. The summed E-state index contributed by atoms with van der Waals surface area (Å²) < 4.78 is 4.43. The zero-order chi connectivity index (χ0) is 31.3. The van der Waals surface area contributed by atoms with Gasteiger partial charge < -0.3 is 14.1 Å². The number of hydrogen-bond donors (Lipinski definition) is 0.